The maximum atomic E-state index is 11.2. The summed E-state index contributed by atoms with van der Waals surface area (Å²) in [6.07, 6.45) is 5.22. The number of hydrogen-bond acceptors (Lipinski definition) is 2. The van der Waals surface area contributed by atoms with E-state index in [4.69, 9.17) is 5.73 Å². The number of aromatic nitrogens is 2. The third kappa shape index (κ3) is 2.77. The summed E-state index contributed by atoms with van der Waals surface area (Å²) in [6, 6.07) is 9.87. The molecule has 4 heteroatoms. The molecule has 2 N–H and O–H groups in total. The SMILES string of the molecule is CC(C(N)=O)n1ccnc1CCc1ccccc1. The molecule has 1 atom stereocenters. The van der Waals surface area contributed by atoms with Gasteiger partial charge in [-0.25, -0.2) is 4.98 Å². The van der Waals surface area contributed by atoms with E-state index < -0.39 is 0 Å². The second kappa shape index (κ2) is 5.49. The Morgan fingerprint density at radius 2 is 2.06 bits per heavy atom. The molecule has 1 heterocycles. The summed E-state index contributed by atoms with van der Waals surface area (Å²) in [7, 11) is 0. The van der Waals surface area contributed by atoms with Crippen molar-refractivity contribution >= 4 is 5.91 Å². The van der Waals surface area contributed by atoms with Crippen LogP contribution in [0.1, 0.15) is 24.4 Å². The number of amides is 1. The molecule has 0 saturated carbocycles. The highest BCUT2D eigenvalue weighted by Gasteiger charge is 2.14. The molecule has 2 rings (SSSR count). The topological polar surface area (TPSA) is 60.9 Å². The van der Waals surface area contributed by atoms with Gasteiger partial charge in [0.15, 0.2) is 0 Å². The number of hydrogen-bond donors (Lipinski definition) is 1. The summed E-state index contributed by atoms with van der Waals surface area (Å²) in [5.74, 6) is 0.555. The molecule has 1 amide bonds. The molecule has 18 heavy (non-hydrogen) atoms. The summed E-state index contributed by atoms with van der Waals surface area (Å²) < 4.78 is 1.84. The van der Waals surface area contributed by atoms with Crippen molar-refractivity contribution in [2.75, 3.05) is 0 Å². The molecule has 0 aliphatic carbocycles. The lowest BCUT2D eigenvalue weighted by molar-refractivity contribution is -0.120. The van der Waals surface area contributed by atoms with Gasteiger partial charge in [0.1, 0.15) is 11.9 Å². The van der Waals surface area contributed by atoms with E-state index in [1.807, 2.05) is 22.8 Å². The van der Waals surface area contributed by atoms with Gasteiger partial charge in [-0.05, 0) is 18.9 Å². The zero-order chi connectivity index (χ0) is 13.0. The number of imidazole rings is 1. The van der Waals surface area contributed by atoms with Gasteiger partial charge in [-0.2, -0.15) is 0 Å². The smallest absolute Gasteiger partial charge is 0.240 e. The molecule has 0 aliphatic rings. The first-order chi connectivity index (χ1) is 8.68. The lowest BCUT2D eigenvalue weighted by Gasteiger charge is -2.12. The van der Waals surface area contributed by atoms with E-state index in [0.717, 1.165) is 18.7 Å². The van der Waals surface area contributed by atoms with Crippen LogP contribution in [0.2, 0.25) is 0 Å². The molecule has 1 unspecified atom stereocenters. The lowest BCUT2D eigenvalue weighted by Crippen LogP contribution is -2.25. The van der Waals surface area contributed by atoms with Gasteiger partial charge in [0.05, 0.1) is 0 Å². The number of nitrogens with zero attached hydrogens (tertiary/aromatic N) is 2. The van der Waals surface area contributed by atoms with Gasteiger partial charge in [-0.15, -0.1) is 0 Å². The van der Waals surface area contributed by atoms with E-state index in [9.17, 15) is 4.79 Å². The first kappa shape index (κ1) is 12.4. The third-order valence-corrected chi connectivity index (χ3v) is 3.06. The molecule has 1 aromatic carbocycles. The standard InChI is InChI=1S/C14H17N3O/c1-11(14(15)18)17-10-9-16-13(17)8-7-12-5-3-2-4-6-12/h2-6,9-11H,7-8H2,1H3,(H2,15,18). The lowest BCUT2D eigenvalue weighted by atomic mass is 10.1. The Kier molecular flexibility index (Phi) is 3.77. The minimum Gasteiger partial charge on any atom is -0.368 e. The Bertz CT molecular complexity index is 519. The molecule has 0 fully saturated rings. The van der Waals surface area contributed by atoms with E-state index in [1.54, 1.807) is 19.3 Å². The number of rotatable bonds is 5. The van der Waals surface area contributed by atoms with Crippen LogP contribution < -0.4 is 5.73 Å². The van der Waals surface area contributed by atoms with Gasteiger partial charge in [0.25, 0.3) is 0 Å². The Hall–Kier alpha value is -2.10. The number of benzene rings is 1. The normalized spacial score (nSPS) is 12.3. The summed E-state index contributed by atoms with van der Waals surface area (Å²) in [4.78, 5) is 15.5. The van der Waals surface area contributed by atoms with Crippen LogP contribution in [0.3, 0.4) is 0 Å². The third-order valence-electron chi connectivity index (χ3n) is 3.06. The minimum atomic E-state index is -0.349. The Morgan fingerprint density at radius 3 is 2.72 bits per heavy atom. The van der Waals surface area contributed by atoms with E-state index in [-0.39, 0.29) is 11.9 Å². The van der Waals surface area contributed by atoms with Crippen molar-refractivity contribution in [1.82, 2.24) is 9.55 Å². The highest BCUT2D eigenvalue weighted by molar-refractivity contribution is 5.77. The minimum absolute atomic E-state index is 0.339. The molecular formula is C14H17N3O. The predicted octanol–water partition coefficient (Wildman–Crippen LogP) is 1.71. The zero-order valence-corrected chi connectivity index (χ0v) is 10.4. The number of nitrogens with two attached hydrogens (primary N) is 1. The highest BCUT2D eigenvalue weighted by Crippen LogP contribution is 2.11. The van der Waals surface area contributed by atoms with Gasteiger partial charge in [0, 0.05) is 18.8 Å². The number of aryl methyl sites for hydroxylation is 2. The Labute approximate surface area is 106 Å². The monoisotopic (exact) mass is 243 g/mol. The summed E-state index contributed by atoms with van der Waals surface area (Å²) >= 11 is 0. The van der Waals surface area contributed by atoms with Crippen molar-refractivity contribution in [1.29, 1.82) is 0 Å². The fourth-order valence-corrected chi connectivity index (χ4v) is 1.93. The van der Waals surface area contributed by atoms with Crippen LogP contribution in [0.25, 0.3) is 0 Å². The molecule has 0 bridgehead atoms. The van der Waals surface area contributed by atoms with Gasteiger partial charge in [-0.3, -0.25) is 4.79 Å². The summed E-state index contributed by atoms with van der Waals surface area (Å²) in [5.41, 5.74) is 6.58. The van der Waals surface area contributed by atoms with E-state index >= 15 is 0 Å². The van der Waals surface area contributed by atoms with E-state index in [2.05, 4.69) is 17.1 Å². The van der Waals surface area contributed by atoms with Gasteiger partial charge in [-0.1, -0.05) is 30.3 Å². The van der Waals surface area contributed by atoms with Gasteiger partial charge < -0.3 is 10.3 Å². The second-order valence-corrected chi connectivity index (χ2v) is 4.31. The average Bonchev–Trinajstić information content (AvgIpc) is 2.84. The largest absolute Gasteiger partial charge is 0.368 e. The van der Waals surface area contributed by atoms with Crippen molar-refractivity contribution in [2.24, 2.45) is 5.73 Å². The van der Waals surface area contributed by atoms with Crippen molar-refractivity contribution in [3.05, 3.63) is 54.1 Å². The van der Waals surface area contributed by atoms with Crippen LogP contribution in [-0.4, -0.2) is 15.5 Å². The average molecular weight is 243 g/mol. The Balaban J connectivity index is 2.07. The molecule has 4 nitrogen and oxygen atoms in total. The summed E-state index contributed by atoms with van der Waals surface area (Å²) in [6.45, 7) is 1.79. The van der Waals surface area contributed by atoms with Crippen molar-refractivity contribution < 1.29 is 4.79 Å². The van der Waals surface area contributed by atoms with Crippen LogP contribution in [0.5, 0.6) is 0 Å². The van der Waals surface area contributed by atoms with Crippen molar-refractivity contribution in [3.63, 3.8) is 0 Å². The first-order valence-corrected chi connectivity index (χ1v) is 6.03. The second-order valence-electron chi connectivity index (χ2n) is 4.31. The van der Waals surface area contributed by atoms with Crippen LogP contribution in [0.15, 0.2) is 42.7 Å². The van der Waals surface area contributed by atoms with Gasteiger partial charge in [0.2, 0.25) is 5.91 Å². The van der Waals surface area contributed by atoms with Crippen molar-refractivity contribution in [3.8, 4) is 0 Å². The first-order valence-electron chi connectivity index (χ1n) is 6.03. The van der Waals surface area contributed by atoms with E-state index in [1.165, 1.54) is 5.56 Å². The molecule has 0 saturated heterocycles. The number of carbonyl (C=O) groups is 1. The molecule has 0 radical (unpaired) electrons. The quantitative estimate of drug-likeness (QED) is 0.869. The zero-order valence-electron chi connectivity index (χ0n) is 10.4. The fraction of sp³-hybridized carbons (Fsp3) is 0.286. The molecule has 1 aromatic heterocycles. The van der Waals surface area contributed by atoms with Crippen LogP contribution in [0, 0.1) is 0 Å². The molecule has 0 spiro atoms. The number of primary amides is 1. The summed E-state index contributed by atoms with van der Waals surface area (Å²) in [5, 5.41) is 0. The fourth-order valence-electron chi connectivity index (χ4n) is 1.93. The van der Waals surface area contributed by atoms with Crippen LogP contribution in [-0.2, 0) is 17.6 Å². The van der Waals surface area contributed by atoms with Crippen LogP contribution in [0.4, 0.5) is 0 Å². The predicted molar refractivity (Wildman–Crippen MR) is 70.0 cm³/mol. The molecule has 94 valence electrons. The van der Waals surface area contributed by atoms with Crippen LogP contribution >= 0.6 is 0 Å². The van der Waals surface area contributed by atoms with Gasteiger partial charge >= 0.3 is 0 Å². The maximum Gasteiger partial charge on any atom is 0.240 e. The Morgan fingerprint density at radius 1 is 1.33 bits per heavy atom. The van der Waals surface area contributed by atoms with E-state index in [0.29, 0.717) is 0 Å². The maximum absolute atomic E-state index is 11.2. The molecule has 0 aliphatic heterocycles. The molecular weight excluding hydrogens is 226 g/mol. The molecule has 2 aromatic rings. The highest BCUT2D eigenvalue weighted by atomic mass is 16.1. The number of carbonyl (C=O) groups excluding carboxylic acids is 1. The van der Waals surface area contributed by atoms with Crippen molar-refractivity contribution in [2.45, 2.75) is 25.8 Å².